The van der Waals surface area contributed by atoms with Gasteiger partial charge in [0.1, 0.15) is 0 Å². The molecule has 4 rings (SSSR count). The molecule has 2 N–H and O–H groups in total. The van der Waals surface area contributed by atoms with Crippen LogP contribution < -0.4 is 10.6 Å². The van der Waals surface area contributed by atoms with Gasteiger partial charge in [0, 0.05) is 32.7 Å². The molecule has 2 aromatic rings. The van der Waals surface area contributed by atoms with Crippen molar-refractivity contribution in [2.75, 3.05) is 20.1 Å². The molecule has 0 saturated carbocycles. The van der Waals surface area contributed by atoms with E-state index < -0.39 is 0 Å². The van der Waals surface area contributed by atoms with Gasteiger partial charge in [0.25, 0.3) is 0 Å². The second-order valence-electron chi connectivity index (χ2n) is 7.99. The summed E-state index contributed by atoms with van der Waals surface area (Å²) in [5.74, 6) is 0.661. The molecule has 1 heterocycles. The highest BCUT2D eigenvalue weighted by atomic mass is 16.2. The largest absolute Gasteiger partial charge is 0.336 e. The number of fused-ring (bicyclic) bond motifs is 2. The van der Waals surface area contributed by atoms with Gasteiger partial charge in [-0.05, 0) is 53.9 Å². The first-order chi connectivity index (χ1) is 13.2. The molecule has 27 heavy (non-hydrogen) atoms. The first-order valence-corrected chi connectivity index (χ1v) is 10.0. The Morgan fingerprint density at radius 1 is 1.00 bits per heavy atom. The van der Waals surface area contributed by atoms with Gasteiger partial charge in [-0.25, -0.2) is 4.79 Å². The van der Waals surface area contributed by atoms with E-state index in [1.54, 1.807) is 0 Å². The van der Waals surface area contributed by atoms with Crippen molar-refractivity contribution in [2.24, 2.45) is 5.92 Å². The molecule has 1 aliphatic carbocycles. The molecule has 0 fully saturated rings. The van der Waals surface area contributed by atoms with E-state index in [-0.39, 0.29) is 6.03 Å². The van der Waals surface area contributed by atoms with Crippen LogP contribution >= 0.6 is 0 Å². The highest BCUT2D eigenvalue weighted by Gasteiger charge is 2.22. The number of carbonyl (C=O) groups excluding carboxylic acids is 1. The number of urea groups is 1. The van der Waals surface area contributed by atoms with Gasteiger partial charge in [0.2, 0.25) is 0 Å². The van der Waals surface area contributed by atoms with Gasteiger partial charge in [-0.2, -0.15) is 0 Å². The Kier molecular flexibility index (Phi) is 5.44. The highest BCUT2D eigenvalue weighted by Crippen LogP contribution is 2.28. The topological polar surface area (TPSA) is 44.4 Å². The molecule has 142 valence electrons. The van der Waals surface area contributed by atoms with E-state index in [0.29, 0.717) is 18.5 Å². The molecule has 0 bridgehead atoms. The van der Waals surface area contributed by atoms with Crippen LogP contribution in [0, 0.1) is 5.92 Å². The quantitative estimate of drug-likeness (QED) is 0.857. The fraction of sp³-hybridized carbons (Fsp3) is 0.435. The highest BCUT2D eigenvalue weighted by molar-refractivity contribution is 5.73. The maximum Gasteiger partial charge on any atom is 0.317 e. The number of rotatable bonds is 5. The maximum absolute atomic E-state index is 12.4. The van der Waals surface area contributed by atoms with E-state index in [9.17, 15) is 4.79 Å². The standard InChI is InChI=1S/C23H29N3O/c1-26(11-10-17-12-18-6-2-3-7-19(18)13-17)23(27)25-16-22-14-20-8-4-5-9-21(20)15-24-22/h2-9,17,22,24H,10-16H2,1H3,(H,25,27). The normalized spacial score (nSPS) is 18.6. The summed E-state index contributed by atoms with van der Waals surface area (Å²) in [4.78, 5) is 14.3. The average molecular weight is 364 g/mol. The van der Waals surface area contributed by atoms with E-state index in [2.05, 4.69) is 59.2 Å². The zero-order chi connectivity index (χ0) is 18.6. The van der Waals surface area contributed by atoms with Crippen LogP contribution in [-0.4, -0.2) is 37.1 Å². The van der Waals surface area contributed by atoms with Crippen molar-refractivity contribution in [3.05, 3.63) is 70.8 Å². The number of nitrogens with one attached hydrogen (secondary N) is 2. The number of carbonyl (C=O) groups is 1. The summed E-state index contributed by atoms with van der Waals surface area (Å²) in [5.41, 5.74) is 5.73. The summed E-state index contributed by atoms with van der Waals surface area (Å²) in [6, 6.07) is 17.6. The van der Waals surface area contributed by atoms with Gasteiger partial charge in [0.05, 0.1) is 0 Å². The number of amides is 2. The smallest absolute Gasteiger partial charge is 0.317 e. The molecule has 2 amide bonds. The van der Waals surface area contributed by atoms with Gasteiger partial charge in [-0.1, -0.05) is 48.5 Å². The number of hydrogen-bond donors (Lipinski definition) is 2. The molecule has 4 heteroatoms. The Hall–Kier alpha value is -2.33. The second-order valence-corrected chi connectivity index (χ2v) is 7.99. The monoisotopic (exact) mass is 363 g/mol. The number of hydrogen-bond acceptors (Lipinski definition) is 2. The summed E-state index contributed by atoms with van der Waals surface area (Å²) < 4.78 is 0. The summed E-state index contributed by atoms with van der Waals surface area (Å²) in [6.45, 7) is 2.37. The second kappa shape index (κ2) is 8.13. The van der Waals surface area contributed by atoms with E-state index in [1.807, 2.05) is 11.9 Å². The van der Waals surface area contributed by atoms with Crippen molar-refractivity contribution in [3.63, 3.8) is 0 Å². The summed E-state index contributed by atoms with van der Waals surface area (Å²) in [7, 11) is 1.90. The molecule has 1 atom stereocenters. The van der Waals surface area contributed by atoms with Gasteiger partial charge in [-0.3, -0.25) is 0 Å². The third-order valence-electron chi connectivity index (χ3n) is 6.02. The molecular formula is C23H29N3O. The summed E-state index contributed by atoms with van der Waals surface area (Å²) >= 11 is 0. The van der Waals surface area contributed by atoms with E-state index in [0.717, 1.165) is 38.8 Å². The van der Waals surface area contributed by atoms with E-state index >= 15 is 0 Å². The third kappa shape index (κ3) is 4.33. The van der Waals surface area contributed by atoms with Crippen molar-refractivity contribution in [3.8, 4) is 0 Å². The SMILES string of the molecule is CN(CCC1Cc2ccccc2C1)C(=O)NCC1Cc2ccccc2CN1. The minimum absolute atomic E-state index is 0.0335. The van der Waals surface area contributed by atoms with Crippen LogP contribution in [0.2, 0.25) is 0 Å². The molecule has 2 aliphatic rings. The van der Waals surface area contributed by atoms with Crippen molar-refractivity contribution < 1.29 is 4.79 Å². The average Bonchev–Trinajstić information content (AvgIpc) is 3.13. The lowest BCUT2D eigenvalue weighted by Gasteiger charge is -2.27. The lowest BCUT2D eigenvalue weighted by atomic mass is 9.96. The van der Waals surface area contributed by atoms with Gasteiger partial charge >= 0.3 is 6.03 Å². The number of benzene rings is 2. The minimum atomic E-state index is 0.0335. The van der Waals surface area contributed by atoms with Crippen LogP contribution in [0.4, 0.5) is 4.79 Å². The Balaban J connectivity index is 1.19. The minimum Gasteiger partial charge on any atom is -0.336 e. The van der Waals surface area contributed by atoms with Crippen molar-refractivity contribution in [1.29, 1.82) is 0 Å². The fourth-order valence-corrected chi connectivity index (χ4v) is 4.34. The van der Waals surface area contributed by atoms with Crippen LogP contribution in [0.15, 0.2) is 48.5 Å². The summed E-state index contributed by atoms with van der Waals surface area (Å²) in [5, 5.41) is 6.62. The lowest BCUT2D eigenvalue weighted by Crippen LogP contribution is -2.47. The zero-order valence-corrected chi connectivity index (χ0v) is 16.1. The molecule has 1 unspecified atom stereocenters. The fourth-order valence-electron chi connectivity index (χ4n) is 4.34. The Labute approximate surface area is 162 Å². The van der Waals surface area contributed by atoms with Crippen molar-refractivity contribution >= 4 is 6.03 Å². The molecule has 0 saturated heterocycles. The maximum atomic E-state index is 12.4. The first kappa shape index (κ1) is 18.1. The third-order valence-corrected chi connectivity index (χ3v) is 6.02. The van der Waals surface area contributed by atoms with Crippen LogP contribution in [0.5, 0.6) is 0 Å². The zero-order valence-electron chi connectivity index (χ0n) is 16.1. The van der Waals surface area contributed by atoms with Crippen LogP contribution in [0.1, 0.15) is 28.7 Å². The van der Waals surface area contributed by atoms with Crippen LogP contribution in [-0.2, 0) is 25.8 Å². The van der Waals surface area contributed by atoms with Crippen molar-refractivity contribution in [1.82, 2.24) is 15.5 Å². The molecular weight excluding hydrogens is 334 g/mol. The Morgan fingerprint density at radius 2 is 1.59 bits per heavy atom. The summed E-state index contributed by atoms with van der Waals surface area (Å²) in [6.07, 6.45) is 4.34. The predicted octanol–water partition coefficient (Wildman–Crippen LogP) is 3.15. The molecule has 1 aliphatic heterocycles. The molecule has 4 nitrogen and oxygen atoms in total. The molecule has 0 aromatic heterocycles. The number of nitrogens with zero attached hydrogens (tertiary/aromatic N) is 1. The van der Waals surface area contributed by atoms with E-state index in [1.165, 1.54) is 22.3 Å². The van der Waals surface area contributed by atoms with Gasteiger partial charge in [0.15, 0.2) is 0 Å². The van der Waals surface area contributed by atoms with Gasteiger partial charge in [-0.15, -0.1) is 0 Å². The molecule has 0 spiro atoms. The van der Waals surface area contributed by atoms with Gasteiger partial charge < -0.3 is 15.5 Å². The Morgan fingerprint density at radius 3 is 2.26 bits per heavy atom. The Bertz CT molecular complexity index is 779. The van der Waals surface area contributed by atoms with Crippen molar-refractivity contribution in [2.45, 2.75) is 38.3 Å². The van der Waals surface area contributed by atoms with Crippen LogP contribution in [0.3, 0.4) is 0 Å². The first-order valence-electron chi connectivity index (χ1n) is 10.0. The lowest BCUT2D eigenvalue weighted by molar-refractivity contribution is 0.204. The van der Waals surface area contributed by atoms with E-state index in [4.69, 9.17) is 0 Å². The molecule has 0 radical (unpaired) electrons. The predicted molar refractivity (Wildman–Crippen MR) is 109 cm³/mol. The molecule has 2 aromatic carbocycles. The van der Waals surface area contributed by atoms with Crippen LogP contribution in [0.25, 0.3) is 0 Å².